The molecule has 0 fully saturated rings. The van der Waals surface area contributed by atoms with Crippen LogP contribution in [0.3, 0.4) is 0 Å². The average Bonchev–Trinajstić information content (AvgIpc) is 0.934. The van der Waals surface area contributed by atoms with Gasteiger partial charge in [-0.05, 0) is 142 Å². The van der Waals surface area contributed by atoms with Crippen molar-refractivity contribution in [3.05, 3.63) is 307 Å². The summed E-state index contributed by atoms with van der Waals surface area (Å²) in [5.41, 5.74) is 5.59. The van der Waals surface area contributed by atoms with E-state index in [1.807, 2.05) is 78.9 Å². The molecular weight excluding hydrogens is 1120 g/mol. The summed E-state index contributed by atoms with van der Waals surface area (Å²) >= 11 is 0. The van der Waals surface area contributed by atoms with Crippen molar-refractivity contribution in [2.45, 2.75) is 85.4 Å². The summed E-state index contributed by atoms with van der Waals surface area (Å²) in [5.74, 6) is 0.709. The van der Waals surface area contributed by atoms with E-state index in [0.29, 0.717) is 44.6 Å². The van der Waals surface area contributed by atoms with Crippen LogP contribution < -0.4 is 30.1 Å². The Morgan fingerprint density at radius 3 is 1.67 bits per heavy atom. The Balaban J connectivity index is 1.09. The highest BCUT2D eigenvalue weighted by atomic mass is 28.3. The first-order valence-corrected chi connectivity index (χ1v) is 31.9. The number of fused-ring (bicyclic) bond motifs is 4. The number of ether oxygens (including phenoxy) is 1. The van der Waals surface area contributed by atoms with E-state index < -0.39 is 162 Å². The van der Waals surface area contributed by atoms with Gasteiger partial charge in [0.05, 0.1) is 60.9 Å². The molecule has 5 nitrogen and oxygen atoms in total. The molecule has 0 aliphatic carbocycles. The normalized spacial score (nSPS) is 16.0. The first kappa shape index (κ1) is 37.8. The van der Waals surface area contributed by atoms with Crippen LogP contribution in [0, 0.1) is 13.2 Å². The number of aromatic nitrogens is 4. The zero-order valence-electron chi connectivity index (χ0n) is 74.7. The van der Waals surface area contributed by atoms with Crippen LogP contribution in [0.15, 0.2) is 279 Å². The van der Waals surface area contributed by atoms with Gasteiger partial charge in [-0.25, -0.2) is 4.98 Å². The van der Waals surface area contributed by atoms with E-state index in [1.54, 1.807) is 56.2 Å². The Hall–Kier alpha value is -10.1. The second-order valence-electron chi connectivity index (χ2n) is 25.8. The largest absolute Gasteiger partial charge is 0.458 e. The van der Waals surface area contributed by atoms with Crippen molar-refractivity contribution in [2.75, 3.05) is 0 Å². The van der Waals surface area contributed by atoms with Crippen LogP contribution in [0.25, 0.3) is 83.4 Å². The van der Waals surface area contributed by atoms with Gasteiger partial charge in [-0.15, -0.1) is 0 Å². The molecular formula is C85H76N4OSi. The lowest BCUT2D eigenvalue weighted by atomic mass is 9.79. The summed E-state index contributed by atoms with van der Waals surface area (Å²) in [4.78, 5) is 4.76. The number of para-hydroxylation sites is 2. The highest BCUT2D eigenvalue weighted by Gasteiger charge is 2.44. The third-order valence-electron chi connectivity index (χ3n) is 16.9. The lowest BCUT2D eigenvalue weighted by molar-refractivity contribution is -0.570. The lowest BCUT2D eigenvalue weighted by Crippen LogP contribution is -2.76. The standard InChI is InChI=1S/C85H76N4OSi/c1-58-49-81(86-56-75(58)60-27-15-11-16-28-60)89-76-39-24-23-37-73(76)74-47-46-68(55-78(74)89)90-67-30-25-29-66(54-67)87-57-88(77-48-43-61(52-79(77)87)59-41-44-63(45-42-59)83(2,3)4)82-72(62-50-64(84(5,6)7)53-65(51-62)85(8,9)10)38-26-40-80(82)91(69-31-17-12-18-32-69,70-33-19-13-20-34-70)71-35-21-14-22-36-71/h11-56H,1-10H3/i1D3,11D,12D,13D,14D,15D,16D,17D,18D,19D,20D,21D,22D,27D,28D,31D,32D,33D,34D,35D,36D. The highest BCUT2D eigenvalue weighted by Crippen LogP contribution is 2.40. The van der Waals surface area contributed by atoms with Gasteiger partial charge >= 0.3 is 0 Å². The summed E-state index contributed by atoms with van der Waals surface area (Å²) in [6, 6.07) is 29.3. The second-order valence-corrected chi connectivity index (χ2v) is 29.3. The molecule has 0 amide bonds. The van der Waals surface area contributed by atoms with Gasteiger partial charge in [-0.3, -0.25) is 13.7 Å². The molecule has 3 heterocycles. The van der Waals surface area contributed by atoms with E-state index >= 15 is 0 Å². The van der Waals surface area contributed by atoms with Crippen LogP contribution in [0.1, 0.15) is 116 Å². The minimum absolute atomic E-state index is 0.0619. The summed E-state index contributed by atoms with van der Waals surface area (Å²) in [7, 11) is -5.93. The fourth-order valence-electron chi connectivity index (χ4n) is 12.1. The van der Waals surface area contributed by atoms with Gasteiger partial charge in [-0.2, -0.15) is 0 Å². The number of pyridine rings is 1. The first-order valence-electron chi connectivity index (χ1n) is 41.4. The zero-order chi connectivity index (χ0) is 82.7. The summed E-state index contributed by atoms with van der Waals surface area (Å²) in [6.45, 7) is 15.8. The Labute approximate surface area is 569 Å². The number of imidazole rings is 1. The monoisotopic (exact) mass is 1220 g/mol. The second kappa shape index (κ2) is 23.0. The molecule has 0 saturated carbocycles. The summed E-state index contributed by atoms with van der Waals surface area (Å²) in [5, 5.41) is -0.654. The topological polar surface area (TPSA) is 35.9 Å². The number of benzene rings is 11. The summed E-state index contributed by atoms with van der Waals surface area (Å²) < 4.78 is 226. The Morgan fingerprint density at radius 1 is 0.462 bits per heavy atom. The lowest BCUT2D eigenvalue weighted by Gasteiger charge is -2.37. The van der Waals surface area contributed by atoms with Crippen molar-refractivity contribution >= 4 is 61.7 Å². The van der Waals surface area contributed by atoms with Crippen LogP contribution >= 0.6 is 0 Å². The SMILES string of the molecule is [2H]c1c([2H])c([2H])c(-c2cnc(-n3c4ccccc4c4ccc(Oc5cccc(-n6[c-][n+](-c7c(-c8cc(C(C)(C)C)cc(C(C)(C)C)c8)cccc7[Si](c7c([2H])c([2H])c([2H])c([2H])c7[2H])(c7c([2H])c([2H])c([2H])c([2H])c7[2H])c7c([2H])c([2H])c([2H])c([2H])c7[2H])c7ccc(-c8ccc(C(C)(C)C)cc8)cc76)c5)cc43)cc2C([2H])([2H])[2H])c([2H])c1[2H]. The van der Waals surface area contributed by atoms with E-state index in [4.69, 9.17) is 24.8 Å². The molecule has 0 bridgehead atoms. The Bertz CT molecular complexity index is 6090. The van der Waals surface area contributed by atoms with Crippen molar-refractivity contribution in [1.82, 2.24) is 14.1 Å². The fraction of sp³-hybridized carbons (Fsp3) is 0.153. The van der Waals surface area contributed by atoms with Crippen molar-refractivity contribution in [3.63, 3.8) is 0 Å². The van der Waals surface area contributed by atoms with Crippen molar-refractivity contribution in [2.24, 2.45) is 0 Å². The van der Waals surface area contributed by atoms with Gasteiger partial charge in [0, 0.05) is 32.7 Å². The van der Waals surface area contributed by atoms with Crippen LogP contribution in [-0.2, 0) is 16.2 Å². The molecule has 91 heavy (non-hydrogen) atoms. The molecule has 11 aromatic carbocycles. The van der Waals surface area contributed by atoms with Gasteiger partial charge in [0.25, 0.3) is 6.33 Å². The van der Waals surface area contributed by atoms with Crippen molar-refractivity contribution < 1.29 is 40.8 Å². The minimum atomic E-state index is -5.93. The fourth-order valence-corrected chi connectivity index (χ4v) is 16.1. The molecule has 0 atom stereocenters. The number of nitrogens with zero attached hydrogens (tertiary/aromatic N) is 4. The van der Waals surface area contributed by atoms with E-state index in [0.717, 1.165) is 38.6 Å². The van der Waals surface area contributed by atoms with Crippen LogP contribution in [-0.4, -0.2) is 22.2 Å². The van der Waals surface area contributed by atoms with Gasteiger partial charge < -0.3 is 4.74 Å². The Morgan fingerprint density at radius 2 is 1.04 bits per heavy atom. The quantitative estimate of drug-likeness (QED) is 0.0529. The van der Waals surface area contributed by atoms with Crippen LogP contribution in [0.2, 0.25) is 0 Å². The molecule has 0 radical (unpaired) electrons. The molecule has 0 aliphatic heterocycles. The van der Waals surface area contributed by atoms with Crippen LogP contribution in [0.4, 0.5) is 0 Å². The van der Waals surface area contributed by atoms with Gasteiger partial charge in [0.2, 0.25) is 0 Å². The number of hydrogen-bond acceptors (Lipinski definition) is 2. The smallest absolute Gasteiger partial charge is 0.269 e. The number of hydrogen-bond donors (Lipinski definition) is 0. The highest BCUT2D eigenvalue weighted by molar-refractivity contribution is 7.20. The number of rotatable bonds is 12. The third kappa shape index (κ3) is 10.8. The maximum Gasteiger partial charge on any atom is 0.269 e. The van der Waals surface area contributed by atoms with E-state index in [-0.39, 0.29) is 44.5 Å². The molecule has 0 saturated heterocycles. The van der Waals surface area contributed by atoms with E-state index in [9.17, 15) is 16.4 Å². The van der Waals surface area contributed by atoms with Gasteiger partial charge in [-0.1, -0.05) is 280 Å². The van der Waals surface area contributed by atoms with Gasteiger partial charge in [0.1, 0.15) is 17.3 Å². The average molecular weight is 1220 g/mol. The maximum absolute atomic E-state index is 10.2. The molecule has 0 unspecified atom stereocenters. The molecule has 0 aliphatic rings. The van der Waals surface area contributed by atoms with Crippen molar-refractivity contribution in [1.29, 1.82) is 0 Å². The predicted molar refractivity (Wildman–Crippen MR) is 383 cm³/mol. The molecule has 14 rings (SSSR count). The van der Waals surface area contributed by atoms with Crippen LogP contribution in [0.5, 0.6) is 11.5 Å². The first-order chi connectivity index (χ1) is 53.4. The minimum Gasteiger partial charge on any atom is -0.458 e. The van der Waals surface area contributed by atoms with Gasteiger partial charge in [0.15, 0.2) is 8.07 Å². The molecule has 446 valence electrons. The van der Waals surface area contributed by atoms with E-state index in [2.05, 4.69) is 86.8 Å². The summed E-state index contributed by atoms with van der Waals surface area (Å²) in [6.07, 6.45) is 4.90. The molecule has 3 aromatic heterocycles. The molecule has 0 spiro atoms. The van der Waals surface area contributed by atoms with E-state index in [1.165, 1.54) is 18.3 Å². The Kier molecular flexibility index (Phi) is 9.55. The molecule has 14 aromatic rings. The zero-order valence-corrected chi connectivity index (χ0v) is 52.7. The molecule has 0 N–H and O–H groups in total. The van der Waals surface area contributed by atoms with Crippen molar-refractivity contribution in [3.8, 4) is 62.1 Å². The predicted octanol–water partition coefficient (Wildman–Crippen LogP) is 18.6. The maximum atomic E-state index is 10.2. The molecule has 6 heteroatoms. The third-order valence-corrected chi connectivity index (χ3v) is 21.1. The number of aryl methyl sites for hydroxylation is 1.